The maximum Gasteiger partial charge on any atom is 0.0844 e. The van der Waals surface area contributed by atoms with Gasteiger partial charge in [-0.1, -0.05) is 88.6 Å². The molecule has 0 fully saturated rings. The van der Waals surface area contributed by atoms with E-state index in [4.69, 9.17) is 0 Å². The number of aliphatic hydroxyl groups excluding tert-OH is 2. The fourth-order valence-corrected chi connectivity index (χ4v) is 7.78. The van der Waals surface area contributed by atoms with Crippen LogP contribution in [0.2, 0.25) is 0 Å². The molecule has 1 aromatic rings. The van der Waals surface area contributed by atoms with Gasteiger partial charge in [-0.15, -0.1) is 0 Å². The molecule has 0 heterocycles. The molecule has 0 aliphatic rings. The van der Waals surface area contributed by atoms with Crippen LogP contribution in [-0.4, -0.2) is 41.9 Å². The summed E-state index contributed by atoms with van der Waals surface area (Å²) >= 11 is 0. The van der Waals surface area contributed by atoms with Crippen LogP contribution < -0.4 is 0 Å². The zero-order valence-electron chi connectivity index (χ0n) is 17.0. The SMILES string of the molecule is CCCCCCCCCCCC[P+](CCO)(CCO)Cc1ccccc1. The van der Waals surface area contributed by atoms with Gasteiger partial charge in [0.1, 0.15) is 0 Å². The summed E-state index contributed by atoms with van der Waals surface area (Å²) in [7, 11) is -1.29. The van der Waals surface area contributed by atoms with E-state index >= 15 is 0 Å². The van der Waals surface area contributed by atoms with E-state index in [2.05, 4.69) is 37.3 Å². The lowest BCUT2D eigenvalue weighted by Crippen LogP contribution is -2.15. The second-order valence-electron chi connectivity index (χ2n) is 7.79. The van der Waals surface area contributed by atoms with E-state index in [9.17, 15) is 10.2 Å². The normalized spacial score (nSPS) is 11.8. The Bertz CT molecular complexity index is 415. The van der Waals surface area contributed by atoms with Crippen LogP contribution in [-0.2, 0) is 6.16 Å². The molecular weight excluding hydrogens is 339 g/mol. The Kier molecular flexibility index (Phi) is 14.2. The highest BCUT2D eigenvalue weighted by atomic mass is 31.2. The van der Waals surface area contributed by atoms with Crippen molar-refractivity contribution in [1.29, 1.82) is 0 Å². The molecule has 0 atom stereocenters. The standard InChI is InChI=1S/C23H42O2P/c1-2-3-4-5-6-7-8-9-10-14-19-26(20-17-24,21-18-25)22-23-15-12-11-13-16-23/h11-13,15-16,24-25H,2-10,14,17-22H2,1H3/q+1. The molecule has 0 amide bonds. The second-order valence-corrected chi connectivity index (χ2v) is 12.1. The summed E-state index contributed by atoms with van der Waals surface area (Å²) in [6, 6.07) is 10.7. The Balaban J connectivity index is 2.32. The summed E-state index contributed by atoms with van der Waals surface area (Å²) in [5.41, 5.74) is 1.37. The van der Waals surface area contributed by atoms with E-state index in [0.29, 0.717) is 0 Å². The predicted molar refractivity (Wildman–Crippen MR) is 118 cm³/mol. The lowest BCUT2D eigenvalue weighted by molar-refractivity contribution is 0.314. The maximum absolute atomic E-state index is 9.61. The monoisotopic (exact) mass is 381 g/mol. The van der Waals surface area contributed by atoms with Crippen LogP contribution in [0.25, 0.3) is 0 Å². The molecule has 0 radical (unpaired) electrons. The average Bonchev–Trinajstić information content (AvgIpc) is 2.64. The zero-order valence-corrected chi connectivity index (χ0v) is 17.9. The van der Waals surface area contributed by atoms with Crippen molar-refractivity contribution in [1.82, 2.24) is 0 Å². The molecule has 0 saturated carbocycles. The van der Waals surface area contributed by atoms with E-state index in [1.807, 2.05) is 0 Å². The van der Waals surface area contributed by atoms with Gasteiger partial charge in [-0.05, 0) is 18.4 Å². The van der Waals surface area contributed by atoms with Gasteiger partial charge in [-0.2, -0.15) is 0 Å². The van der Waals surface area contributed by atoms with Crippen molar-refractivity contribution in [2.75, 3.05) is 31.7 Å². The van der Waals surface area contributed by atoms with Crippen LogP contribution in [0.3, 0.4) is 0 Å². The summed E-state index contributed by atoms with van der Waals surface area (Å²) in [6.45, 7) is 2.80. The predicted octanol–water partition coefficient (Wildman–Crippen LogP) is 6.11. The van der Waals surface area contributed by atoms with Gasteiger partial charge in [0.25, 0.3) is 0 Å². The number of hydrogen-bond donors (Lipinski definition) is 2. The van der Waals surface area contributed by atoms with Crippen molar-refractivity contribution < 1.29 is 10.2 Å². The van der Waals surface area contributed by atoms with Crippen molar-refractivity contribution in [2.24, 2.45) is 0 Å². The minimum Gasteiger partial charge on any atom is -0.393 e. The molecule has 0 aromatic heterocycles. The van der Waals surface area contributed by atoms with E-state index < -0.39 is 7.26 Å². The fourth-order valence-electron chi connectivity index (χ4n) is 3.90. The molecule has 150 valence electrons. The molecule has 0 spiro atoms. The molecule has 1 rings (SSSR count). The molecule has 0 aliphatic heterocycles. The number of aliphatic hydroxyl groups is 2. The highest BCUT2D eigenvalue weighted by molar-refractivity contribution is 7.75. The minimum absolute atomic E-state index is 0.262. The molecule has 1 aromatic carbocycles. The highest BCUT2D eigenvalue weighted by Crippen LogP contribution is 2.61. The van der Waals surface area contributed by atoms with Crippen LogP contribution in [0, 0.1) is 0 Å². The first-order chi connectivity index (χ1) is 12.8. The van der Waals surface area contributed by atoms with E-state index in [0.717, 1.165) is 18.5 Å². The largest absolute Gasteiger partial charge is 0.393 e. The third-order valence-corrected chi connectivity index (χ3v) is 10.1. The number of unbranched alkanes of at least 4 members (excludes halogenated alkanes) is 9. The average molecular weight is 382 g/mol. The Morgan fingerprint density at radius 3 is 1.65 bits per heavy atom. The fraction of sp³-hybridized carbons (Fsp3) is 0.739. The Morgan fingerprint density at radius 2 is 1.15 bits per heavy atom. The first-order valence-electron chi connectivity index (χ1n) is 10.9. The van der Waals surface area contributed by atoms with Gasteiger partial charge in [0, 0.05) is 7.26 Å². The molecular formula is C23H42O2P+. The zero-order chi connectivity index (χ0) is 18.9. The van der Waals surface area contributed by atoms with Gasteiger partial charge in [0.05, 0.1) is 37.9 Å². The Morgan fingerprint density at radius 1 is 0.654 bits per heavy atom. The lowest BCUT2D eigenvalue weighted by atomic mass is 10.1. The van der Waals surface area contributed by atoms with Gasteiger partial charge in [0.15, 0.2) is 0 Å². The van der Waals surface area contributed by atoms with Crippen molar-refractivity contribution in [3.63, 3.8) is 0 Å². The highest BCUT2D eigenvalue weighted by Gasteiger charge is 2.35. The smallest absolute Gasteiger partial charge is 0.0844 e. The van der Waals surface area contributed by atoms with Crippen LogP contribution >= 0.6 is 7.26 Å². The third kappa shape index (κ3) is 10.7. The van der Waals surface area contributed by atoms with Crippen molar-refractivity contribution in [3.8, 4) is 0 Å². The van der Waals surface area contributed by atoms with Crippen LogP contribution in [0.4, 0.5) is 0 Å². The van der Waals surface area contributed by atoms with Crippen LogP contribution in [0.5, 0.6) is 0 Å². The summed E-state index contributed by atoms with van der Waals surface area (Å²) in [6.07, 6.45) is 17.7. The number of hydrogen-bond acceptors (Lipinski definition) is 2. The molecule has 2 nitrogen and oxygen atoms in total. The first-order valence-corrected chi connectivity index (χ1v) is 13.4. The third-order valence-electron chi connectivity index (χ3n) is 5.50. The van der Waals surface area contributed by atoms with Crippen molar-refractivity contribution >= 4 is 7.26 Å². The van der Waals surface area contributed by atoms with Gasteiger partial charge in [0.2, 0.25) is 0 Å². The summed E-state index contributed by atoms with van der Waals surface area (Å²) in [5, 5.41) is 19.2. The van der Waals surface area contributed by atoms with Crippen molar-refractivity contribution in [3.05, 3.63) is 35.9 Å². The van der Waals surface area contributed by atoms with Crippen LogP contribution in [0.15, 0.2) is 30.3 Å². The van der Waals surface area contributed by atoms with E-state index in [-0.39, 0.29) is 13.2 Å². The van der Waals surface area contributed by atoms with Gasteiger partial charge in [-0.3, -0.25) is 0 Å². The minimum atomic E-state index is -1.29. The number of rotatable bonds is 17. The maximum atomic E-state index is 9.61. The summed E-state index contributed by atoms with van der Waals surface area (Å²) in [5.74, 6) is 0. The second kappa shape index (κ2) is 15.6. The Labute approximate surface area is 162 Å². The molecule has 0 aliphatic carbocycles. The molecule has 0 saturated heterocycles. The summed E-state index contributed by atoms with van der Waals surface area (Å²) in [4.78, 5) is 0. The van der Waals surface area contributed by atoms with Crippen molar-refractivity contribution in [2.45, 2.75) is 77.3 Å². The first kappa shape index (κ1) is 23.6. The van der Waals surface area contributed by atoms with Crippen LogP contribution in [0.1, 0.15) is 76.7 Å². The molecule has 2 N–H and O–H groups in total. The molecule has 0 bridgehead atoms. The molecule has 3 heteroatoms. The lowest BCUT2D eigenvalue weighted by Gasteiger charge is -2.27. The van der Waals surface area contributed by atoms with E-state index in [1.165, 1.54) is 75.9 Å². The van der Waals surface area contributed by atoms with Gasteiger partial charge in [-0.25, -0.2) is 0 Å². The Hall–Kier alpha value is -0.430. The van der Waals surface area contributed by atoms with Gasteiger partial charge < -0.3 is 10.2 Å². The molecule has 0 unspecified atom stereocenters. The summed E-state index contributed by atoms with van der Waals surface area (Å²) < 4.78 is 0. The van der Waals surface area contributed by atoms with E-state index in [1.54, 1.807) is 0 Å². The quantitative estimate of drug-likeness (QED) is 0.252. The number of benzene rings is 1. The molecule has 26 heavy (non-hydrogen) atoms. The topological polar surface area (TPSA) is 40.5 Å². The van der Waals surface area contributed by atoms with Gasteiger partial charge >= 0.3 is 0 Å².